The lowest BCUT2D eigenvalue weighted by atomic mass is 10.1. The van der Waals surface area contributed by atoms with Crippen molar-refractivity contribution < 1.29 is 17.6 Å². The predicted octanol–water partition coefficient (Wildman–Crippen LogP) is 3.39. The first-order valence-corrected chi connectivity index (χ1v) is 5.70. The maximum absolute atomic E-state index is 12.4. The van der Waals surface area contributed by atoms with Gasteiger partial charge in [0.1, 0.15) is 5.76 Å². The molecule has 1 aromatic carbocycles. The van der Waals surface area contributed by atoms with Crippen molar-refractivity contribution in [1.29, 1.82) is 0 Å². The zero-order valence-electron chi connectivity index (χ0n) is 10.5. The molecule has 2 aromatic rings. The number of hydrogen-bond donors (Lipinski definition) is 1. The van der Waals surface area contributed by atoms with Gasteiger partial charge in [-0.25, -0.2) is 4.98 Å². The summed E-state index contributed by atoms with van der Waals surface area (Å²) in [4.78, 5) is 4.20. The molecule has 0 radical (unpaired) electrons. The standard InChI is InChI=1S/C13H13F3N2O/c1-8-11(7-17-2)19-12(18-8)9-3-5-10(6-4-9)13(14,15)16/h3-6,17H,7H2,1-2H3. The molecule has 1 heterocycles. The van der Waals surface area contributed by atoms with Crippen LogP contribution in [0.2, 0.25) is 0 Å². The molecule has 0 saturated carbocycles. The lowest BCUT2D eigenvalue weighted by Gasteiger charge is -2.06. The average Bonchev–Trinajstić information content (AvgIpc) is 2.71. The van der Waals surface area contributed by atoms with Gasteiger partial charge in [-0.2, -0.15) is 13.2 Å². The summed E-state index contributed by atoms with van der Waals surface area (Å²) in [7, 11) is 1.78. The van der Waals surface area contributed by atoms with Gasteiger partial charge in [-0.05, 0) is 38.2 Å². The smallest absolute Gasteiger partial charge is 0.416 e. The van der Waals surface area contributed by atoms with E-state index in [2.05, 4.69) is 10.3 Å². The molecule has 0 bridgehead atoms. The number of oxazole rings is 1. The van der Waals surface area contributed by atoms with Crippen LogP contribution in [0.5, 0.6) is 0 Å². The maximum Gasteiger partial charge on any atom is 0.416 e. The summed E-state index contributed by atoms with van der Waals surface area (Å²) >= 11 is 0. The Morgan fingerprint density at radius 2 is 1.84 bits per heavy atom. The average molecular weight is 270 g/mol. The largest absolute Gasteiger partial charge is 0.440 e. The molecule has 19 heavy (non-hydrogen) atoms. The van der Waals surface area contributed by atoms with Gasteiger partial charge in [0.15, 0.2) is 0 Å². The third kappa shape index (κ3) is 2.96. The predicted molar refractivity (Wildman–Crippen MR) is 64.4 cm³/mol. The molecule has 2 rings (SSSR count). The van der Waals surface area contributed by atoms with Gasteiger partial charge >= 0.3 is 6.18 Å². The monoisotopic (exact) mass is 270 g/mol. The van der Waals surface area contributed by atoms with Crippen molar-refractivity contribution >= 4 is 0 Å². The van der Waals surface area contributed by atoms with E-state index in [0.29, 0.717) is 23.8 Å². The first-order valence-electron chi connectivity index (χ1n) is 5.70. The van der Waals surface area contributed by atoms with Gasteiger partial charge in [-0.1, -0.05) is 0 Å². The molecule has 0 aliphatic heterocycles. The summed E-state index contributed by atoms with van der Waals surface area (Å²) in [6.07, 6.45) is -4.33. The van der Waals surface area contributed by atoms with E-state index in [1.54, 1.807) is 14.0 Å². The molecule has 0 aliphatic rings. The Bertz CT molecular complexity index is 558. The number of alkyl halides is 3. The van der Waals surface area contributed by atoms with Gasteiger partial charge in [-0.15, -0.1) is 0 Å². The minimum Gasteiger partial charge on any atom is -0.440 e. The molecule has 0 atom stereocenters. The molecule has 0 fully saturated rings. The summed E-state index contributed by atoms with van der Waals surface area (Å²) < 4.78 is 42.8. The number of nitrogens with one attached hydrogen (secondary N) is 1. The fraction of sp³-hybridized carbons (Fsp3) is 0.308. The summed E-state index contributed by atoms with van der Waals surface area (Å²) in [6, 6.07) is 4.76. The van der Waals surface area contributed by atoms with Crippen molar-refractivity contribution in [1.82, 2.24) is 10.3 Å². The van der Waals surface area contributed by atoms with Gasteiger partial charge in [0.2, 0.25) is 5.89 Å². The van der Waals surface area contributed by atoms with Crippen LogP contribution in [0.3, 0.4) is 0 Å². The Kier molecular flexibility index (Phi) is 3.61. The fourth-order valence-electron chi connectivity index (χ4n) is 1.68. The van der Waals surface area contributed by atoms with Crippen LogP contribution in [-0.4, -0.2) is 12.0 Å². The van der Waals surface area contributed by atoms with Crippen molar-refractivity contribution in [3.63, 3.8) is 0 Å². The lowest BCUT2D eigenvalue weighted by Crippen LogP contribution is -2.04. The molecule has 0 unspecified atom stereocenters. The summed E-state index contributed by atoms with van der Waals surface area (Å²) in [5.74, 6) is 1.01. The van der Waals surface area contributed by atoms with Gasteiger partial charge in [-0.3, -0.25) is 0 Å². The molecule has 1 aromatic heterocycles. The van der Waals surface area contributed by atoms with Crippen LogP contribution in [0.4, 0.5) is 13.2 Å². The van der Waals surface area contributed by atoms with E-state index in [1.165, 1.54) is 12.1 Å². The number of halogens is 3. The number of aromatic nitrogens is 1. The van der Waals surface area contributed by atoms with Crippen LogP contribution in [0.25, 0.3) is 11.5 Å². The van der Waals surface area contributed by atoms with Gasteiger partial charge in [0, 0.05) is 5.56 Å². The van der Waals surface area contributed by atoms with Crippen LogP contribution in [0.1, 0.15) is 17.0 Å². The second-order valence-electron chi connectivity index (χ2n) is 4.13. The quantitative estimate of drug-likeness (QED) is 0.929. The summed E-state index contributed by atoms with van der Waals surface area (Å²) in [5.41, 5.74) is 0.567. The highest BCUT2D eigenvalue weighted by Gasteiger charge is 2.30. The lowest BCUT2D eigenvalue weighted by molar-refractivity contribution is -0.137. The second-order valence-corrected chi connectivity index (χ2v) is 4.13. The molecule has 0 aliphatic carbocycles. The Morgan fingerprint density at radius 1 is 1.21 bits per heavy atom. The number of rotatable bonds is 3. The Labute approximate surface area is 108 Å². The normalized spacial score (nSPS) is 11.8. The van der Waals surface area contributed by atoms with Gasteiger partial charge < -0.3 is 9.73 Å². The number of aryl methyl sites for hydroxylation is 1. The topological polar surface area (TPSA) is 38.1 Å². The van der Waals surface area contributed by atoms with Crippen LogP contribution in [0, 0.1) is 6.92 Å². The van der Waals surface area contributed by atoms with E-state index in [-0.39, 0.29) is 0 Å². The highest BCUT2D eigenvalue weighted by Crippen LogP contribution is 2.31. The van der Waals surface area contributed by atoms with E-state index in [0.717, 1.165) is 17.8 Å². The number of nitrogens with zero attached hydrogens (tertiary/aromatic N) is 1. The van der Waals surface area contributed by atoms with E-state index in [4.69, 9.17) is 4.42 Å². The molecule has 0 saturated heterocycles. The fourth-order valence-corrected chi connectivity index (χ4v) is 1.68. The number of hydrogen-bond acceptors (Lipinski definition) is 3. The number of benzene rings is 1. The van der Waals surface area contributed by atoms with Crippen molar-refractivity contribution in [2.24, 2.45) is 0 Å². The molecule has 0 spiro atoms. The molecular weight excluding hydrogens is 257 g/mol. The molecule has 6 heteroatoms. The molecule has 0 amide bonds. The van der Waals surface area contributed by atoms with E-state index >= 15 is 0 Å². The molecular formula is C13H13F3N2O. The zero-order valence-corrected chi connectivity index (χ0v) is 10.5. The van der Waals surface area contributed by atoms with Gasteiger partial charge in [0.05, 0.1) is 17.8 Å². The third-order valence-electron chi connectivity index (χ3n) is 2.69. The first-order chi connectivity index (χ1) is 8.91. The van der Waals surface area contributed by atoms with Crippen molar-refractivity contribution in [3.05, 3.63) is 41.3 Å². The Balaban J connectivity index is 2.30. The molecule has 1 N–H and O–H groups in total. The van der Waals surface area contributed by atoms with Crippen molar-refractivity contribution in [2.45, 2.75) is 19.6 Å². The highest BCUT2D eigenvalue weighted by molar-refractivity contribution is 5.54. The molecule has 102 valence electrons. The maximum atomic E-state index is 12.4. The minimum atomic E-state index is -4.33. The Hall–Kier alpha value is -1.82. The molecule has 3 nitrogen and oxygen atoms in total. The highest BCUT2D eigenvalue weighted by atomic mass is 19.4. The SMILES string of the molecule is CNCc1oc(-c2ccc(C(F)(F)F)cc2)nc1C. The van der Waals surface area contributed by atoms with Crippen LogP contribution in [0.15, 0.2) is 28.7 Å². The van der Waals surface area contributed by atoms with Crippen molar-refractivity contribution in [2.75, 3.05) is 7.05 Å². The first kappa shape index (κ1) is 13.6. The van der Waals surface area contributed by atoms with Crippen LogP contribution >= 0.6 is 0 Å². The van der Waals surface area contributed by atoms with Crippen LogP contribution < -0.4 is 5.32 Å². The van der Waals surface area contributed by atoms with Gasteiger partial charge in [0.25, 0.3) is 0 Å². The minimum absolute atomic E-state index is 0.330. The zero-order chi connectivity index (χ0) is 14.0. The third-order valence-corrected chi connectivity index (χ3v) is 2.69. The van der Waals surface area contributed by atoms with E-state index < -0.39 is 11.7 Å². The van der Waals surface area contributed by atoms with Crippen LogP contribution in [-0.2, 0) is 12.7 Å². The second kappa shape index (κ2) is 5.05. The van der Waals surface area contributed by atoms with E-state index in [1.807, 2.05) is 0 Å². The summed E-state index contributed by atoms with van der Waals surface area (Å²) in [6.45, 7) is 2.32. The summed E-state index contributed by atoms with van der Waals surface area (Å²) in [5, 5.41) is 2.94. The van der Waals surface area contributed by atoms with E-state index in [9.17, 15) is 13.2 Å². The Morgan fingerprint density at radius 3 is 2.37 bits per heavy atom. The van der Waals surface area contributed by atoms with Crippen molar-refractivity contribution in [3.8, 4) is 11.5 Å².